The fraction of sp³-hybridized carbons (Fsp3) is 1.00. The maximum absolute atomic E-state index is 3.89. The molecule has 0 spiro atoms. The van der Waals surface area contributed by atoms with Gasteiger partial charge in [0, 0.05) is 12.1 Å². The molecule has 3 nitrogen and oxygen atoms in total. The summed E-state index contributed by atoms with van der Waals surface area (Å²) in [6, 6.07) is 0. The van der Waals surface area contributed by atoms with Crippen LogP contribution in [0.4, 0.5) is 0 Å². The molecule has 21 heavy (non-hydrogen) atoms. The maximum atomic E-state index is 3.89. The van der Waals surface area contributed by atoms with Gasteiger partial charge >= 0.3 is 0 Å². The van der Waals surface area contributed by atoms with E-state index < -0.39 is 0 Å². The first-order valence-corrected chi connectivity index (χ1v) is 9.56. The van der Waals surface area contributed by atoms with Gasteiger partial charge in [-0.3, -0.25) is 4.90 Å². The van der Waals surface area contributed by atoms with E-state index in [4.69, 9.17) is 0 Å². The van der Waals surface area contributed by atoms with E-state index in [1.54, 1.807) is 0 Å². The first-order chi connectivity index (χ1) is 10.4. The molecule has 0 radical (unpaired) electrons. The Hall–Kier alpha value is -0.120. The Bertz CT molecular complexity index is 287. The Kier molecular flexibility index (Phi) is 5.96. The summed E-state index contributed by atoms with van der Waals surface area (Å²) in [5.41, 5.74) is 0.506. The minimum absolute atomic E-state index is 0.506. The van der Waals surface area contributed by atoms with Crippen molar-refractivity contribution < 1.29 is 0 Å². The third kappa shape index (κ3) is 4.20. The molecule has 122 valence electrons. The summed E-state index contributed by atoms with van der Waals surface area (Å²) in [4.78, 5) is 2.87. The van der Waals surface area contributed by atoms with E-state index in [0.717, 1.165) is 5.92 Å². The first-order valence-electron chi connectivity index (χ1n) is 9.56. The van der Waals surface area contributed by atoms with Crippen LogP contribution >= 0.6 is 0 Å². The maximum Gasteiger partial charge on any atom is 0.0333 e. The summed E-state index contributed by atoms with van der Waals surface area (Å²) in [5.74, 6) is 0.910. The summed E-state index contributed by atoms with van der Waals surface area (Å²) < 4.78 is 0. The zero-order valence-electron chi connectivity index (χ0n) is 13.8. The molecule has 0 aromatic rings. The Morgan fingerprint density at radius 3 is 2.29 bits per heavy atom. The van der Waals surface area contributed by atoms with E-state index in [2.05, 4.69) is 15.5 Å². The molecule has 3 fully saturated rings. The predicted octanol–water partition coefficient (Wildman–Crippen LogP) is 2.76. The highest BCUT2D eigenvalue weighted by Gasteiger charge is 2.37. The number of hydrogen-bond acceptors (Lipinski definition) is 3. The smallest absolute Gasteiger partial charge is 0.0333 e. The molecule has 2 heterocycles. The van der Waals surface area contributed by atoms with Gasteiger partial charge in [0.1, 0.15) is 0 Å². The molecule has 0 aromatic carbocycles. The molecular formula is C18H35N3. The van der Waals surface area contributed by atoms with Crippen LogP contribution in [0.1, 0.15) is 64.2 Å². The van der Waals surface area contributed by atoms with Crippen LogP contribution in [0.2, 0.25) is 0 Å². The summed E-state index contributed by atoms with van der Waals surface area (Å²) in [6.07, 6.45) is 14.3. The predicted molar refractivity (Wildman–Crippen MR) is 89.7 cm³/mol. The molecule has 1 saturated carbocycles. The quantitative estimate of drug-likeness (QED) is 0.816. The fourth-order valence-electron chi connectivity index (χ4n) is 4.78. The van der Waals surface area contributed by atoms with E-state index in [1.807, 2.05) is 0 Å². The number of nitrogens with zero attached hydrogens (tertiary/aromatic N) is 1. The number of rotatable bonds is 5. The number of hydrogen-bond donors (Lipinski definition) is 2. The lowest BCUT2D eigenvalue weighted by Gasteiger charge is -2.48. The van der Waals surface area contributed by atoms with Crippen LogP contribution in [-0.2, 0) is 0 Å². The third-order valence-electron chi connectivity index (χ3n) is 6.16. The molecule has 2 N–H and O–H groups in total. The highest BCUT2D eigenvalue weighted by atomic mass is 15.2. The fourth-order valence-corrected chi connectivity index (χ4v) is 4.78. The minimum Gasteiger partial charge on any atom is -0.317 e. The molecule has 3 rings (SSSR count). The molecule has 3 aliphatic rings. The van der Waals surface area contributed by atoms with Crippen LogP contribution in [0.3, 0.4) is 0 Å². The van der Waals surface area contributed by atoms with Crippen molar-refractivity contribution in [3.05, 3.63) is 0 Å². The Morgan fingerprint density at radius 2 is 1.57 bits per heavy atom. The van der Waals surface area contributed by atoms with Crippen LogP contribution < -0.4 is 10.6 Å². The summed E-state index contributed by atoms with van der Waals surface area (Å²) >= 11 is 0. The van der Waals surface area contributed by atoms with Crippen LogP contribution in [0.15, 0.2) is 0 Å². The SMILES string of the molecule is C1CCN(C2(CNCC3CCNCC3)CCCCC2)CC1. The van der Waals surface area contributed by atoms with E-state index in [9.17, 15) is 0 Å². The van der Waals surface area contributed by atoms with Crippen LogP contribution in [0, 0.1) is 5.92 Å². The molecule has 0 unspecified atom stereocenters. The van der Waals surface area contributed by atoms with Gasteiger partial charge in [0.05, 0.1) is 0 Å². The van der Waals surface area contributed by atoms with Crippen LogP contribution in [-0.4, -0.2) is 49.7 Å². The molecule has 0 atom stereocenters. The van der Waals surface area contributed by atoms with E-state index in [-0.39, 0.29) is 0 Å². The summed E-state index contributed by atoms with van der Waals surface area (Å²) in [7, 11) is 0. The van der Waals surface area contributed by atoms with Crippen LogP contribution in [0.5, 0.6) is 0 Å². The molecule has 0 amide bonds. The second-order valence-corrected chi connectivity index (χ2v) is 7.66. The van der Waals surface area contributed by atoms with Crippen molar-refractivity contribution in [2.45, 2.75) is 69.7 Å². The molecule has 0 bridgehead atoms. The van der Waals surface area contributed by atoms with Gasteiger partial charge in [0.2, 0.25) is 0 Å². The van der Waals surface area contributed by atoms with Crippen molar-refractivity contribution >= 4 is 0 Å². The number of piperidine rings is 2. The minimum atomic E-state index is 0.506. The van der Waals surface area contributed by atoms with Gasteiger partial charge in [-0.25, -0.2) is 0 Å². The van der Waals surface area contributed by atoms with Crippen molar-refractivity contribution in [3.63, 3.8) is 0 Å². The van der Waals surface area contributed by atoms with E-state index in [1.165, 1.54) is 103 Å². The van der Waals surface area contributed by atoms with Crippen molar-refractivity contribution in [3.8, 4) is 0 Å². The number of nitrogens with one attached hydrogen (secondary N) is 2. The topological polar surface area (TPSA) is 27.3 Å². The standard InChI is InChI=1S/C18H35N3/c1-3-9-18(10-4-1,21-13-5-2-6-14-21)16-20-15-17-7-11-19-12-8-17/h17,19-20H,1-16H2. The van der Waals surface area contributed by atoms with Gasteiger partial charge in [0.15, 0.2) is 0 Å². The van der Waals surface area contributed by atoms with Crippen molar-refractivity contribution in [1.29, 1.82) is 0 Å². The zero-order valence-corrected chi connectivity index (χ0v) is 13.8. The van der Waals surface area contributed by atoms with E-state index >= 15 is 0 Å². The molecule has 1 aliphatic carbocycles. The van der Waals surface area contributed by atoms with Crippen molar-refractivity contribution in [1.82, 2.24) is 15.5 Å². The second-order valence-electron chi connectivity index (χ2n) is 7.66. The lowest BCUT2D eigenvalue weighted by molar-refractivity contribution is 0.0326. The highest BCUT2D eigenvalue weighted by Crippen LogP contribution is 2.35. The Morgan fingerprint density at radius 1 is 0.905 bits per heavy atom. The van der Waals surface area contributed by atoms with Crippen molar-refractivity contribution in [2.75, 3.05) is 39.3 Å². The largest absolute Gasteiger partial charge is 0.317 e. The summed E-state index contributed by atoms with van der Waals surface area (Å²) in [6.45, 7) is 7.66. The Labute approximate surface area is 131 Å². The molecule has 2 aliphatic heterocycles. The van der Waals surface area contributed by atoms with Gasteiger partial charge in [-0.05, 0) is 77.2 Å². The second kappa shape index (κ2) is 7.94. The van der Waals surface area contributed by atoms with E-state index in [0.29, 0.717) is 5.54 Å². The van der Waals surface area contributed by atoms with Crippen molar-refractivity contribution in [2.24, 2.45) is 5.92 Å². The lowest BCUT2D eigenvalue weighted by Crippen LogP contribution is -2.57. The molecular weight excluding hydrogens is 258 g/mol. The molecule has 0 aromatic heterocycles. The molecule has 3 heteroatoms. The average Bonchev–Trinajstić information content (AvgIpc) is 2.58. The first kappa shape index (κ1) is 15.8. The highest BCUT2D eigenvalue weighted by molar-refractivity contribution is 4.96. The zero-order chi connectivity index (χ0) is 14.4. The van der Waals surface area contributed by atoms with Gasteiger partial charge in [-0.1, -0.05) is 25.7 Å². The summed E-state index contributed by atoms with van der Waals surface area (Å²) in [5, 5.41) is 7.37. The lowest BCUT2D eigenvalue weighted by atomic mass is 9.79. The number of likely N-dealkylation sites (tertiary alicyclic amines) is 1. The van der Waals surface area contributed by atoms with Gasteiger partial charge < -0.3 is 10.6 Å². The monoisotopic (exact) mass is 293 g/mol. The normalized spacial score (nSPS) is 28.6. The molecule has 2 saturated heterocycles. The van der Waals surface area contributed by atoms with Crippen LogP contribution in [0.25, 0.3) is 0 Å². The third-order valence-corrected chi connectivity index (χ3v) is 6.16. The van der Waals surface area contributed by atoms with Gasteiger partial charge in [-0.15, -0.1) is 0 Å². The Balaban J connectivity index is 1.51. The van der Waals surface area contributed by atoms with Gasteiger partial charge in [-0.2, -0.15) is 0 Å². The average molecular weight is 293 g/mol. The van der Waals surface area contributed by atoms with Gasteiger partial charge in [0.25, 0.3) is 0 Å².